The fraction of sp³-hybridized carbons (Fsp3) is 0.679. The summed E-state index contributed by atoms with van der Waals surface area (Å²) in [6.45, 7) is 10.4. The van der Waals surface area contributed by atoms with Gasteiger partial charge < -0.3 is 25.4 Å². The van der Waals surface area contributed by atoms with Crippen LogP contribution in [0.1, 0.15) is 97.2 Å². The molecule has 0 aromatic heterocycles. The van der Waals surface area contributed by atoms with Gasteiger partial charge in [-0.3, -0.25) is 9.59 Å². The summed E-state index contributed by atoms with van der Waals surface area (Å²) in [6.07, 6.45) is 5.81. The van der Waals surface area contributed by atoms with E-state index in [1.807, 2.05) is 38.1 Å². The van der Waals surface area contributed by atoms with Crippen LogP contribution >= 0.6 is 0 Å². The molecule has 8 nitrogen and oxygen atoms in total. The maximum absolute atomic E-state index is 13.8. The van der Waals surface area contributed by atoms with Gasteiger partial charge in [-0.05, 0) is 64.5 Å². The molecule has 0 bridgehead atoms. The van der Waals surface area contributed by atoms with E-state index in [1.165, 1.54) is 11.3 Å². The van der Waals surface area contributed by atoms with E-state index in [4.69, 9.17) is 4.74 Å². The minimum atomic E-state index is -1.24. The molecule has 3 N–H and O–H groups in total. The Morgan fingerprint density at radius 3 is 2.19 bits per heavy atom. The summed E-state index contributed by atoms with van der Waals surface area (Å²) in [7, 11) is 0. The summed E-state index contributed by atoms with van der Waals surface area (Å²) >= 11 is 0. The third-order valence-corrected chi connectivity index (χ3v) is 6.67. The number of nitrogens with zero attached hydrogens (tertiary/aromatic N) is 1. The lowest BCUT2D eigenvalue weighted by molar-refractivity contribution is -0.146. The van der Waals surface area contributed by atoms with Crippen LogP contribution < -0.4 is 10.6 Å². The molecule has 1 aliphatic rings. The van der Waals surface area contributed by atoms with E-state index in [0.717, 1.165) is 37.7 Å². The van der Waals surface area contributed by atoms with Crippen molar-refractivity contribution < 1.29 is 24.2 Å². The fourth-order valence-electron chi connectivity index (χ4n) is 4.51. The quantitative estimate of drug-likeness (QED) is 0.442. The van der Waals surface area contributed by atoms with Crippen molar-refractivity contribution in [2.75, 3.05) is 6.61 Å². The van der Waals surface area contributed by atoms with Gasteiger partial charge >= 0.3 is 6.09 Å². The Morgan fingerprint density at radius 2 is 1.69 bits per heavy atom. The molecule has 1 aromatic carbocycles. The first-order chi connectivity index (χ1) is 17.0. The van der Waals surface area contributed by atoms with Crippen molar-refractivity contribution in [1.29, 1.82) is 0 Å². The Morgan fingerprint density at radius 1 is 1.08 bits per heavy atom. The topological polar surface area (TPSA) is 108 Å². The van der Waals surface area contributed by atoms with Gasteiger partial charge in [-0.25, -0.2) is 4.79 Å². The molecule has 1 aliphatic carbocycles. The summed E-state index contributed by atoms with van der Waals surface area (Å²) in [5.41, 5.74) is 1.07. The van der Waals surface area contributed by atoms with Gasteiger partial charge in [0.15, 0.2) is 0 Å². The maximum Gasteiger partial charge on any atom is 0.408 e. The highest BCUT2D eigenvalue weighted by atomic mass is 16.6. The first-order valence-electron chi connectivity index (χ1n) is 13.3. The van der Waals surface area contributed by atoms with E-state index in [9.17, 15) is 19.5 Å². The van der Waals surface area contributed by atoms with Gasteiger partial charge in [0.1, 0.15) is 17.7 Å². The lowest BCUT2D eigenvalue weighted by Gasteiger charge is -2.38. The van der Waals surface area contributed by atoms with Gasteiger partial charge in [-0.2, -0.15) is 0 Å². The summed E-state index contributed by atoms with van der Waals surface area (Å²) in [4.78, 5) is 41.5. The predicted molar refractivity (Wildman–Crippen MR) is 140 cm³/mol. The molecular formula is C28H45N3O5. The van der Waals surface area contributed by atoms with Crippen LogP contribution in [0.2, 0.25) is 0 Å². The number of hydrogen-bond donors (Lipinski definition) is 3. The summed E-state index contributed by atoms with van der Waals surface area (Å²) in [6, 6.07) is 5.34. The lowest BCUT2D eigenvalue weighted by Crippen LogP contribution is -2.57. The standard InChI is InChI=1S/C28H45N3O5/c1-7-19(3)31(26(34)23(18-32)30-27(35)36-28(4,5)6)24(21-16-14-20(8-2)15-17-21)25(33)29-22-12-10-9-11-13-22/h14-17,19,22-24,32H,7-13,18H2,1-6H3,(H,29,33)(H,30,35). The summed E-state index contributed by atoms with van der Waals surface area (Å²) in [5, 5.41) is 15.7. The zero-order valence-electron chi connectivity index (χ0n) is 22.8. The smallest absolute Gasteiger partial charge is 0.408 e. The Kier molecular flexibility index (Phi) is 11.2. The Balaban J connectivity index is 2.42. The molecule has 0 radical (unpaired) electrons. The summed E-state index contributed by atoms with van der Waals surface area (Å²) < 4.78 is 5.29. The van der Waals surface area contributed by atoms with Gasteiger partial charge in [-0.1, -0.05) is 57.4 Å². The molecule has 202 valence electrons. The number of aliphatic hydroxyl groups is 1. The van der Waals surface area contributed by atoms with Crippen molar-refractivity contribution in [1.82, 2.24) is 15.5 Å². The van der Waals surface area contributed by atoms with Gasteiger partial charge in [0.25, 0.3) is 0 Å². The van der Waals surface area contributed by atoms with Crippen LogP contribution in [0.5, 0.6) is 0 Å². The number of alkyl carbamates (subject to hydrolysis) is 1. The van der Waals surface area contributed by atoms with E-state index in [0.29, 0.717) is 12.0 Å². The van der Waals surface area contributed by atoms with Crippen LogP contribution in [0, 0.1) is 0 Å². The zero-order valence-corrected chi connectivity index (χ0v) is 22.8. The second kappa shape index (κ2) is 13.6. The van der Waals surface area contributed by atoms with E-state index < -0.39 is 36.3 Å². The van der Waals surface area contributed by atoms with Gasteiger partial charge in [0.2, 0.25) is 11.8 Å². The monoisotopic (exact) mass is 503 g/mol. The molecule has 1 saturated carbocycles. The summed E-state index contributed by atoms with van der Waals surface area (Å²) in [5.74, 6) is -0.769. The molecule has 36 heavy (non-hydrogen) atoms. The minimum absolute atomic E-state index is 0.0751. The molecule has 3 amide bonds. The van der Waals surface area contributed by atoms with Crippen LogP contribution in [0.4, 0.5) is 4.79 Å². The number of amides is 3. The largest absolute Gasteiger partial charge is 0.444 e. The molecule has 0 aliphatic heterocycles. The second-order valence-electron chi connectivity index (χ2n) is 10.7. The molecule has 1 fully saturated rings. The van der Waals surface area contributed by atoms with Crippen molar-refractivity contribution in [3.8, 4) is 0 Å². The van der Waals surface area contributed by atoms with Crippen molar-refractivity contribution in [3.05, 3.63) is 35.4 Å². The Hall–Kier alpha value is -2.61. The Bertz CT molecular complexity index is 859. The predicted octanol–water partition coefficient (Wildman–Crippen LogP) is 4.25. The molecule has 3 unspecified atom stereocenters. The molecule has 0 heterocycles. The number of carbonyl (C=O) groups is 3. The number of aryl methyl sites for hydroxylation is 1. The van der Waals surface area contributed by atoms with Crippen molar-refractivity contribution in [3.63, 3.8) is 0 Å². The first kappa shape index (κ1) is 29.6. The average Bonchev–Trinajstić information content (AvgIpc) is 2.84. The highest BCUT2D eigenvalue weighted by molar-refractivity contribution is 5.92. The minimum Gasteiger partial charge on any atom is -0.444 e. The highest BCUT2D eigenvalue weighted by Gasteiger charge is 2.39. The number of benzene rings is 1. The highest BCUT2D eigenvalue weighted by Crippen LogP contribution is 2.28. The van der Waals surface area contributed by atoms with Crippen molar-refractivity contribution in [2.45, 2.75) is 116 Å². The number of ether oxygens (including phenoxy) is 1. The third-order valence-electron chi connectivity index (χ3n) is 6.67. The molecule has 0 saturated heterocycles. The normalized spacial score (nSPS) is 17.0. The van der Waals surface area contributed by atoms with Crippen LogP contribution in [0.3, 0.4) is 0 Å². The van der Waals surface area contributed by atoms with Crippen LogP contribution in [-0.4, -0.2) is 58.2 Å². The molecule has 0 spiro atoms. The lowest BCUT2D eigenvalue weighted by atomic mass is 9.94. The van der Waals surface area contributed by atoms with Gasteiger partial charge in [0, 0.05) is 12.1 Å². The van der Waals surface area contributed by atoms with Crippen molar-refractivity contribution >= 4 is 17.9 Å². The number of rotatable bonds is 10. The van der Waals surface area contributed by atoms with Crippen LogP contribution in [0.25, 0.3) is 0 Å². The van der Waals surface area contributed by atoms with Crippen molar-refractivity contribution in [2.24, 2.45) is 0 Å². The van der Waals surface area contributed by atoms with Crippen LogP contribution in [-0.2, 0) is 20.7 Å². The van der Waals surface area contributed by atoms with Crippen LogP contribution in [0.15, 0.2) is 24.3 Å². The van der Waals surface area contributed by atoms with Gasteiger partial charge in [0.05, 0.1) is 6.61 Å². The number of carbonyl (C=O) groups excluding carboxylic acids is 3. The molecule has 8 heteroatoms. The number of nitrogens with one attached hydrogen (secondary N) is 2. The number of hydrogen-bond acceptors (Lipinski definition) is 5. The van der Waals surface area contributed by atoms with E-state index in [2.05, 4.69) is 17.6 Å². The molecule has 1 aromatic rings. The fourth-order valence-corrected chi connectivity index (χ4v) is 4.51. The average molecular weight is 504 g/mol. The second-order valence-corrected chi connectivity index (χ2v) is 10.7. The molecule has 2 rings (SSSR count). The third kappa shape index (κ3) is 8.50. The SMILES string of the molecule is CCc1ccc(C(C(=O)NC2CCCCC2)N(C(=O)C(CO)NC(=O)OC(C)(C)C)C(C)CC)cc1. The molecule has 3 atom stereocenters. The zero-order chi connectivity index (χ0) is 26.9. The van der Waals surface area contributed by atoms with E-state index in [-0.39, 0.29) is 18.0 Å². The maximum atomic E-state index is 13.8. The van der Waals surface area contributed by atoms with E-state index in [1.54, 1.807) is 20.8 Å². The first-order valence-corrected chi connectivity index (χ1v) is 13.3. The van der Waals surface area contributed by atoms with E-state index >= 15 is 0 Å². The Labute approximate surface area is 216 Å². The van der Waals surface area contributed by atoms with Gasteiger partial charge in [-0.15, -0.1) is 0 Å². The molecular weight excluding hydrogens is 458 g/mol. The number of aliphatic hydroxyl groups excluding tert-OH is 1.